The SMILES string of the molecule is Cc1cc(OC2CCN(S(=O)(=O)c3c(C)noc3C)CC2)nc(C)n1. The average Bonchev–Trinajstić information content (AvgIpc) is 2.86. The molecule has 0 radical (unpaired) electrons. The second-order valence-corrected chi connectivity index (χ2v) is 8.14. The Hall–Kier alpha value is -2.00. The monoisotopic (exact) mass is 366 g/mol. The number of aryl methyl sites for hydroxylation is 4. The normalized spacial score (nSPS) is 17.0. The summed E-state index contributed by atoms with van der Waals surface area (Å²) in [6, 6.07) is 1.79. The van der Waals surface area contributed by atoms with E-state index in [4.69, 9.17) is 9.26 Å². The molecule has 0 aromatic carbocycles. The molecule has 0 N–H and O–H groups in total. The minimum absolute atomic E-state index is 0.0650. The van der Waals surface area contributed by atoms with Crippen molar-refractivity contribution in [2.75, 3.05) is 13.1 Å². The van der Waals surface area contributed by atoms with Crippen molar-refractivity contribution in [1.29, 1.82) is 0 Å². The number of rotatable bonds is 4. The third kappa shape index (κ3) is 3.67. The highest BCUT2D eigenvalue weighted by atomic mass is 32.2. The van der Waals surface area contributed by atoms with E-state index >= 15 is 0 Å². The fourth-order valence-electron chi connectivity index (χ4n) is 3.08. The summed E-state index contributed by atoms with van der Waals surface area (Å²) >= 11 is 0. The zero-order valence-corrected chi connectivity index (χ0v) is 15.6. The molecule has 0 amide bonds. The van der Waals surface area contributed by atoms with Crippen LogP contribution in [-0.2, 0) is 10.0 Å². The van der Waals surface area contributed by atoms with Crippen molar-refractivity contribution in [3.05, 3.63) is 29.0 Å². The number of sulfonamides is 1. The van der Waals surface area contributed by atoms with Crippen LogP contribution in [0.25, 0.3) is 0 Å². The summed E-state index contributed by atoms with van der Waals surface area (Å²) in [4.78, 5) is 8.67. The number of piperidine rings is 1. The van der Waals surface area contributed by atoms with Gasteiger partial charge < -0.3 is 9.26 Å². The molecule has 1 fully saturated rings. The first-order chi connectivity index (χ1) is 11.8. The number of hydrogen-bond acceptors (Lipinski definition) is 7. The van der Waals surface area contributed by atoms with Crippen molar-refractivity contribution in [2.24, 2.45) is 0 Å². The molecular weight excluding hydrogens is 344 g/mol. The van der Waals surface area contributed by atoms with Crippen molar-refractivity contribution < 1.29 is 17.7 Å². The van der Waals surface area contributed by atoms with Crippen LogP contribution in [0.3, 0.4) is 0 Å². The number of ether oxygens (including phenoxy) is 1. The van der Waals surface area contributed by atoms with Crippen LogP contribution in [0.2, 0.25) is 0 Å². The van der Waals surface area contributed by atoms with Crippen LogP contribution in [-0.4, -0.2) is 47.0 Å². The number of hydrogen-bond donors (Lipinski definition) is 0. The average molecular weight is 366 g/mol. The van der Waals surface area contributed by atoms with Gasteiger partial charge in [-0.15, -0.1) is 0 Å². The Kier molecular flexibility index (Phi) is 4.79. The second kappa shape index (κ2) is 6.72. The molecule has 0 bridgehead atoms. The van der Waals surface area contributed by atoms with Gasteiger partial charge in [0, 0.05) is 24.8 Å². The molecule has 8 nitrogen and oxygen atoms in total. The predicted octanol–water partition coefficient (Wildman–Crippen LogP) is 1.93. The highest BCUT2D eigenvalue weighted by Gasteiger charge is 2.34. The van der Waals surface area contributed by atoms with E-state index in [0.717, 1.165) is 5.69 Å². The molecule has 3 heterocycles. The summed E-state index contributed by atoms with van der Waals surface area (Å²) < 4.78 is 38.0. The van der Waals surface area contributed by atoms with Crippen molar-refractivity contribution in [3.63, 3.8) is 0 Å². The summed E-state index contributed by atoms with van der Waals surface area (Å²) in [5, 5.41) is 3.74. The van der Waals surface area contributed by atoms with E-state index in [9.17, 15) is 8.42 Å². The Labute approximate surface area is 147 Å². The van der Waals surface area contributed by atoms with Crippen LogP contribution in [0.15, 0.2) is 15.5 Å². The smallest absolute Gasteiger partial charge is 0.248 e. The topological polar surface area (TPSA) is 98.4 Å². The van der Waals surface area contributed by atoms with Crippen molar-refractivity contribution in [3.8, 4) is 5.88 Å². The van der Waals surface area contributed by atoms with E-state index in [1.165, 1.54) is 4.31 Å². The molecule has 25 heavy (non-hydrogen) atoms. The van der Waals surface area contributed by atoms with Gasteiger partial charge in [0.15, 0.2) is 5.76 Å². The maximum absolute atomic E-state index is 12.8. The largest absolute Gasteiger partial charge is 0.474 e. The van der Waals surface area contributed by atoms with E-state index in [2.05, 4.69) is 15.1 Å². The molecule has 2 aromatic rings. The lowest BCUT2D eigenvalue weighted by atomic mass is 10.1. The van der Waals surface area contributed by atoms with E-state index < -0.39 is 10.0 Å². The molecule has 9 heteroatoms. The minimum atomic E-state index is -3.59. The number of aromatic nitrogens is 3. The lowest BCUT2D eigenvalue weighted by Crippen LogP contribution is -2.42. The van der Waals surface area contributed by atoms with Gasteiger partial charge in [-0.1, -0.05) is 5.16 Å². The summed E-state index contributed by atoms with van der Waals surface area (Å²) in [6.07, 6.45) is 1.14. The maximum Gasteiger partial charge on any atom is 0.248 e. The Balaban J connectivity index is 1.67. The molecule has 1 aliphatic heterocycles. The van der Waals surface area contributed by atoms with Gasteiger partial charge in [0.2, 0.25) is 15.9 Å². The second-order valence-electron chi connectivity index (χ2n) is 6.27. The van der Waals surface area contributed by atoms with E-state index in [0.29, 0.717) is 49.1 Å². The van der Waals surface area contributed by atoms with Gasteiger partial charge in [-0.05, 0) is 40.5 Å². The molecule has 3 rings (SSSR count). The molecule has 0 aliphatic carbocycles. The van der Waals surface area contributed by atoms with Crippen molar-refractivity contribution in [2.45, 2.75) is 51.5 Å². The van der Waals surface area contributed by atoms with Gasteiger partial charge in [-0.2, -0.15) is 9.29 Å². The molecule has 0 saturated carbocycles. The zero-order chi connectivity index (χ0) is 18.2. The maximum atomic E-state index is 12.8. The molecular formula is C16H22N4O4S. The first-order valence-electron chi connectivity index (χ1n) is 8.19. The molecule has 0 unspecified atom stereocenters. The fraction of sp³-hybridized carbons (Fsp3) is 0.562. The van der Waals surface area contributed by atoms with Crippen LogP contribution in [0, 0.1) is 27.7 Å². The Morgan fingerprint density at radius 1 is 1.16 bits per heavy atom. The van der Waals surface area contributed by atoms with Gasteiger partial charge >= 0.3 is 0 Å². The van der Waals surface area contributed by atoms with Crippen LogP contribution in [0.5, 0.6) is 5.88 Å². The van der Waals surface area contributed by atoms with Crippen LogP contribution < -0.4 is 4.74 Å². The van der Waals surface area contributed by atoms with Crippen molar-refractivity contribution in [1.82, 2.24) is 19.4 Å². The molecule has 136 valence electrons. The summed E-state index contributed by atoms with van der Waals surface area (Å²) in [5.74, 6) is 1.52. The standard InChI is InChI=1S/C16H22N4O4S/c1-10-9-15(18-13(4)17-10)23-14-5-7-20(8-6-14)25(21,22)16-11(2)19-24-12(16)3/h9,14H,5-8H2,1-4H3. The number of nitrogens with zero attached hydrogens (tertiary/aromatic N) is 4. The summed E-state index contributed by atoms with van der Waals surface area (Å²) in [7, 11) is -3.59. The molecule has 0 atom stereocenters. The van der Waals surface area contributed by atoms with Crippen molar-refractivity contribution >= 4 is 10.0 Å². The third-order valence-electron chi connectivity index (χ3n) is 4.20. The Morgan fingerprint density at radius 3 is 2.40 bits per heavy atom. The van der Waals surface area contributed by atoms with Gasteiger partial charge in [0.1, 0.15) is 22.5 Å². The van der Waals surface area contributed by atoms with Crippen LogP contribution >= 0.6 is 0 Å². The first kappa shape index (κ1) is 17.8. The molecule has 2 aromatic heterocycles. The highest BCUT2D eigenvalue weighted by molar-refractivity contribution is 7.89. The fourth-order valence-corrected chi connectivity index (χ4v) is 4.84. The van der Waals surface area contributed by atoms with Gasteiger partial charge in [0.25, 0.3) is 0 Å². The molecule has 1 aliphatic rings. The van der Waals surface area contributed by atoms with Crippen LogP contribution in [0.1, 0.15) is 35.8 Å². The Bertz CT molecular complexity index is 831. The predicted molar refractivity (Wildman–Crippen MR) is 89.9 cm³/mol. The van der Waals surface area contributed by atoms with Gasteiger partial charge in [0.05, 0.1) is 0 Å². The highest BCUT2D eigenvalue weighted by Crippen LogP contribution is 2.27. The zero-order valence-electron chi connectivity index (χ0n) is 14.8. The van der Waals surface area contributed by atoms with Crippen LogP contribution in [0.4, 0.5) is 0 Å². The lowest BCUT2D eigenvalue weighted by Gasteiger charge is -2.31. The first-order valence-corrected chi connectivity index (χ1v) is 9.63. The van der Waals surface area contributed by atoms with E-state index in [-0.39, 0.29) is 11.0 Å². The van der Waals surface area contributed by atoms with E-state index in [1.54, 1.807) is 19.9 Å². The quantitative estimate of drug-likeness (QED) is 0.815. The van der Waals surface area contributed by atoms with Gasteiger partial charge in [-0.25, -0.2) is 13.4 Å². The summed E-state index contributed by atoms with van der Waals surface area (Å²) in [6.45, 7) is 7.74. The molecule has 0 spiro atoms. The minimum Gasteiger partial charge on any atom is -0.474 e. The third-order valence-corrected chi connectivity index (χ3v) is 6.34. The Morgan fingerprint density at radius 2 is 1.84 bits per heavy atom. The lowest BCUT2D eigenvalue weighted by molar-refractivity contribution is 0.129. The summed E-state index contributed by atoms with van der Waals surface area (Å²) in [5.41, 5.74) is 1.24. The van der Waals surface area contributed by atoms with Gasteiger partial charge in [-0.3, -0.25) is 0 Å². The molecule has 1 saturated heterocycles. The van der Waals surface area contributed by atoms with E-state index in [1.807, 2.05) is 13.8 Å².